The van der Waals surface area contributed by atoms with E-state index in [1.54, 1.807) is 0 Å². The van der Waals surface area contributed by atoms with Crippen molar-refractivity contribution in [1.29, 1.82) is 0 Å². The Bertz CT molecular complexity index is 663. The van der Waals surface area contributed by atoms with E-state index in [0.29, 0.717) is 5.56 Å². The predicted molar refractivity (Wildman–Crippen MR) is 70.5 cm³/mol. The monoisotopic (exact) mass is 237 g/mol. The number of fused-ring (bicyclic) bond motifs is 1. The minimum atomic E-state index is 0.0445. The Morgan fingerprint density at radius 2 is 1.82 bits per heavy atom. The zero-order valence-corrected chi connectivity index (χ0v) is 9.83. The summed E-state index contributed by atoms with van der Waals surface area (Å²) in [6, 6.07) is 15.6. The van der Waals surface area contributed by atoms with Crippen LogP contribution in [0, 0.1) is 5.38 Å². The van der Waals surface area contributed by atoms with Gasteiger partial charge in [0, 0.05) is 11.1 Å². The molecule has 0 fully saturated rings. The van der Waals surface area contributed by atoms with Crippen molar-refractivity contribution in [2.24, 2.45) is 0 Å². The zero-order chi connectivity index (χ0) is 11.7. The lowest BCUT2D eigenvalue weighted by Crippen LogP contribution is -2.00. The molecule has 0 saturated carbocycles. The number of hydrogen-bond acceptors (Lipinski definition) is 2. The maximum absolute atomic E-state index is 12.3. The standard InChI is InChI=1S/C15H9OS/c16-15(12-8-9-17-10-12)14-7-3-5-11-4-1-2-6-13(11)14/h1-9H. The summed E-state index contributed by atoms with van der Waals surface area (Å²) in [5.74, 6) is 0.0445. The van der Waals surface area contributed by atoms with Crippen molar-refractivity contribution < 1.29 is 4.79 Å². The van der Waals surface area contributed by atoms with Gasteiger partial charge in [-0.05, 0) is 22.2 Å². The van der Waals surface area contributed by atoms with E-state index in [-0.39, 0.29) is 5.78 Å². The van der Waals surface area contributed by atoms with Gasteiger partial charge in [0.1, 0.15) is 0 Å². The first kappa shape index (κ1) is 10.2. The molecule has 1 radical (unpaired) electrons. The zero-order valence-electron chi connectivity index (χ0n) is 9.01. The summed E-state index contributed by atoms with van der Waals surface area (Å²) < 4.78 is 0. The summed E-state index contributed by atoms with van der Waals surface area (Å²) in [6.07, 6.45) is 0. The van der Waals surface area contributed by atoms with Gasteiger partial charge in [-0.3, -0.25) is 4.79 Å². The van der Waals surface area contributed by atoms with E-state index in [4.69, 9.17) is 0 Å². The van der Waals surface area contributed by atoms with Crippen molar-refractivity contribution in [2.45, 2.75) is 0 Å². The third kappa shape index (κ3) is 1.77. The van der Waals surface area contributed by atoms with E-state index in [2.05, 4.69) is 5.38 Å². The van der Waals surface area contributed by atoms with Crippen molar-refractivity contribution in [3.05, 3.63) is 70.4 Å². The normalized spacial score (nSPS) is 10.6. The highest BCUT2D eigenvalue weighted by Crippen LogP contribution is 2.21. The highest BCUT2D eigenvalue weighted by molar-refractivity contribution is 7.07. The molecule has 0 bridgehead atoms. The van der Waals surface area contributed by atoms with Gasteiger partial charge in [0.15, 0.2) is 5.78 Å². The molecule has 0 spiro atoms. The Morgan fingerprint density at radius 1 is 1.00 bits per heavy atom. The Morgan fingerprint density at radius 3 is 2.65 bits per heavy atom. The van der Waals surface area contributed by atoms with Crippen LogP contribution in [0.3, 0.4) is 0 Å². The molecule has 0 aliphatic heterocycles. The second-order valence-corrected chi connectivity index (χ2v) is 4.50. The van der Waals surface area contributed by atoms with Crippen LogP contribution in [-0.4, -0.2) is 5.78 Å². The first-order valence-electron chi connectivity index (χ1n) is 5.34. The second-order valence-electron chi connectivity index (χ2n) is 3.79. The third-order valence-electron chi connectivity index (χ3n) is 2.75. The quantitative estimate of drug-likeness (QED) is 0.617. The van der Waals surface area contributed by atoms with Gasteiger partial charge < -0.3 is 0 Å². The molecule has 81 valence electrons. The van der Waals surface area contributed by atoms with Gasteiger partial charge in [0.2, 0.25) is 0 Å². The number of hydrogen-bond donors (Lipinski definition) is 0. The van der Waals surface area contributed by atoms with Crippen LogP contribution in [0.1, 0.15) is 15.9 Å². The molecule has 0 N–H and O–H groups in total. The summed E-state index contributed by atoms with van der Waals surface area (Å²) in [5, 5.41) is 6.96. The minimum absolute atomic E-state index is 0.0445. The van der Waals surface area contributed by atoms with E-state index in [1.807, 2.05) is 53.9 Å². The summed E-state index contributed by atoms with van der Waals surface area (Å²) in [6.45, 7) is 0. The lowest BCUT2D eigenvalue weighted by atomic mass is 9.99. The lowest BCUT2D eigenvalue weighted by molar-refractivity contribution is 0.104. The smallest absolute Gasteiger partial charge is 0.195 e. The summed E-state index contributed by atoms with van der Waals surface area (Å²) >= 11 is 1.42. The van der Waals surface area contributed by atoms with Gasteiger partial charge in [-0.15, -0.1) is 11.3 Å². The van der Waals surface area contributed by atoms with E-state index in [0.717, 1.165) is 16.3 Å². The fourth-order valence-electron chi connectivity index (χ4n) is 1.92. The molecular weight excluding hydrogens is 228 g/mol. The first-order valence-corrected chi connectivity index (χ1v) is 6.22. The highest BCUT2D eigenvalue weighted by atomic mass is 32.1. The van der Waals surface area contributed by atoms with Crippen molar-refractivity contribution in [2.75, 3.05) is 0 Å². The van der Waals surface area contributed by atoms with Crippen LogP contribution in [0.25, 0.3) is 10.8 Å². The third-order valence-corrected chi connectivity index (χ3v) is 3.36. The number of carbonyl (C=O) groups is 1. The summed E-state index contributed by atoms with van der Waals surface area (Å²) in [7, 11) is 0. The molecular formula is C15H9OS. The molecule has 1 heterocycles. The fraction of sp³-hybridized carbons (Fsp3) is 0. The SMILES string of the molecule is O=C(c1[c]scc1)c1cccc2ccccc12. The van der Waals surface area contributed by atoms with Gasteiger partial charge in [0.25, 0.3) is 0 Å². The van der Waals surface area contributed by atoms with Crippen LogP contribution in [0.2, 0.25) is 0 Å². The maximum atomic E-state index is 12.3. The minimum Gasteiger partial charge on any atom is -0.289 e. The number of benzene rings is 2. The molecule has 1 nitrogen and oxygen atoms in total. The van der Waals surface area contributed by atoms with Crippen LogP contribution in [0.5, 0.6) is 0 Å². The molecule has 17 heavy (non-hydrogen) atoms. The number of thiophene rings is 1. The van der Waals surface area contributed by atoms with Crippen LogP contribution in [-0.2, 0) is 0 Å². The van der Waals surface area contributed by atoms with Gasteiger partial charge in [-0.25, -0.2) is 0 Å². The van der Waals surface area contributed by atoms with Crippen LogP contribution in [0.4, 0.5) is 0 Å². The number of ketones is 1. The summed E-state index contributed by atoms with van der Waals surface area (Å²) in [4.78, 5) is 12.3. The Balaban J connectivity index is 2.21. The highest BCUT2D eigenvalue weighted by Gasteiger charge is 2.12. The molecule has 3 aromatic rings. The van der Waals surface area contributed by atoms with Gasteiger partial charge >= 0.3 is 0 Å². The second kappa shape index (κ2) is 4.15. The van der Waals surface area contributed by atoms with Crippen molar-refractivity contribution in [3.63, 3.8) is 0 Å². The number of carbonyl (C=O) groups excluding carboxylic acids is 1. The van der Waals surface area contributed by atoms with Gasteiger partial charge in [-0.2, -0.15) is 0 Å². The molecule has 2 aromatic carbocycles. The van der Waals surface area contributed by atoms with Gasteiger partial charge in [0.05, 0.1) is 5.38 Å². The molecule has 0 atom stereocenters. The van der Waals surface area contributed by atoms with Crippen LogP contribution >= 0.6 is 11.3 Å². The molecule has 3 rings (SSSR count). The predicted octanol–water partition coefficient (Wildman–Crippen LogP) is 3.93. The topological polar surface area (TPSA) is 17.1 Å². The maximum Gasteiger partial charge on any atom is 0.195 e. The molecule has 0 unspecified atom stereocenters. The van der Waals surface area contributed by atoms with E-state index in [9.17, 15) is 4.79 Å². The Hall–Kier alpha value is -1.93. The number of rotatable bonds is 2. The molecule has 0 aliphatic carbocycles. The van der Waals surface area contributed by atoms with E-state index >= 15 is 0 Å². The molecule has 2 heteroatoms. The van der Waals surface area contributed by atoms with Crippen molar-refractivity contribution in [3.8, 4) is 0 Å². The Kier molecular flexibility index (Phi) is 2.50. The molecule has 0 aliphatic rings. The van der Waals surface area contributed by atoms with Crippen LogP contribution in [0.15, 0.2) is 53.9 Å². The van der Waals surface area contributed by atoms with E-state index < -0.39 is 0 Å². The van der Waals surface area contributed by atoms with Crippen molar-refractivity contribution in [1.82, 2.24) is 0 Å². The average Bonchev–Trinajstić information content (AvgIpc) is 2.91. The molecule has 1 aromatic heterocycles. The first-order chi connectivity index (χ1) is 8.36. The van der Waals surface area contributed by atoms with E-state index in [1.165, 1.54) is 11.3 Å². The largest absolute Gasteiger partial charge is 0.289 e. The molecule has 0 saturated heterocycles. The van der Waals surface area contributed by atoms with Crippen molar-refractivity contribution >= 4 is 27.9 Å². The lowest BCUT2D eigenvalue weighted by Gasteiger charge is -2.04. The molecule has 0 amide bonds. The van der Waals surface area contributed by atoms with Gasteiger partial charge in [-0.1, -0.05) is 42.5 Å². The summed E-state index contributed by atoms with van der Waals surface area (Å²) in [5.41, 5.74) is 1.39. The fourth-order valence-corrected chi connectivity index (χ4v) is 2.48. The van der Waals surface area contributed by atoms with Crippen LogP contribution < -0.4 is 0 Å². The average molecular weight is 237 g/mol. The Labute approximate surface area is 103 Å².